The summed E-state index contributed by atoms with van der Waals surface area (Å²) >= 11 is 0. The zero-order valence-electron chi connectivity index (χ0n) is 21.5. The van der Waals surface area contributed by atoms with Crippen LogP contribution in [0.2, 0.25) is 0 Å². The summed E-state index contributed by atoms with van der Waals surface area (Å²) < 4.78 is 5.98. The summed E-state index contributed by atoms with van der Waals surface area (Å²) in [6.45, 7) is 3.56. The maximum Gasteiger partial charge on any atom is 0.242 e. The van der Waals surface area contributed by atoms with E-state index >= 15 is 0 Å². The Morgan fingerprint density at radius 1 is 0.865 bits per heavy atom. The number of amides is 1. The van der Waals surface area contributed by atoms with Crippen LogP contribution in [0.4, 0.5) is 0 Å². The number of phenols is 1. The number of hydrogen-bond donors (Lipinski definition) is 3. The van der Waals surface area contributed by atoms with Crippen molar-refractivity contribution < 1.29 is 14.6 Å². The van der Waals surface area contributed by atoms with E-state index in [2.05, 4.69) is 42.0 Å². The van der Waals surface area contributed by atoms with Crippen molar-refractivity contribution in [2.24, 2.45) is 5.92 Å². The van der Waals surface area contributed by atoms with E-state index in [1.165, 1.54) is 24.8 Å². The summed E-state index contributed by atoms with van der Waals surface area (Å²) in [5, 5.41) is 10.6. The zero-order valence-corrected chi connectivity index (χ0v) is 21.5. The van der Waals surface area contributed by atoms with Crippen LogP contribution in [-0.4, -0.2) is 35.1 Å². The molecule has 2 heterocycles. The van der Waals surface area contributed by atoms with Crippen molar-refractivity contribution in [3.05, 3.63) is 95.6 Å². The first kappa shape index (κ1) is 25.3. The first-order chi connectivity index (χ1) is 18.2. The second-order valence-electron chi connectivity index (χ2n) is 10.1. The fourth-order valence-electron chi connectivity index (χ4n) is 5.74. The highest BCUT2D eigenvalue weighted by Gasteiger charge is 2.55. The van der Waals surface area contributed by atoms with E-state index in [4.69, 9.17) is 4.74 Å². The molecule has 5 rings (SSSR count). The molecule has 3 N–H and O–H groups in total. The van der Waals surface area contributed by atoms with Gasteiger partial charge in [-0.15, -0.1) is 0 Å². The molecule has 2 aliphatic rings. The average molecular weight is 500 g/mol. The fraction of sp³-hybridized carbons (Fsp3) is 0.387. The summed E-state index contributed by atoms with van der Waals surface area (Å²) in [5.41, 5.74) is 9.66. The van der Waals surface area contributed by atoms with Crippen molar-refractivity contribution in [1.82, 2.24) is 15.8 Å². The highest BCUT2D eigenvalue weighted by molar-refractivity contribution is 5.86. The van der Waals surface area contributed by atoms with Crippen LogP contribution in [0.3, 0.4) is 0 Å². The molecule has 3 aromatic carbocycles. The Hall–Kier alpha value is -3.35. The van der Waals surface area contributed by atoms with E-state index in [-0.39, 0.29) is 35.7 Å². The van der Waals surface area contributed by atoms with Crippen LogP contribution in [0.5, 0.6) is 11.5 Å². The number of aromatic hydroxyl groups is 1. The van der Waals surface area contributed by atoms with Gasteiger partial charge in [0.2, 0.25) is 5.91 Å². The highest BCUT2D eigenvalue weighted by atomic mass is 16.5. The summed E-state index contributed by atoms with van der Waals surface area (Å²) in [5.74, 6) is 1.12. The molecular weight excluding hydrogens is 462 g/mol. The van der Waals surface area contributed by atoms with E-state index in [0.717, 1.165) is 36.3 Å². The molecule has 0 aromatic heterocycles. The predicted octanol–water partition coefficient (Wildman–Crippen LogP) is 5.31. The van der Waals surface area contributed by atoms with E-state index in [1.807, 2.05) is 53.4 Å². The number of unbranched alkanes of at least 4 members (excludes halogenated alkanes) is 3. The lowest BCUT2D eigenvalue weighted by atomic mass is 9.83. The van der Waals surface area contributed by atoms with E-state index in [9.17, 15) is 9.90 Å². The number of hydrogen-bond acceptors (Lipinski definition) is 5. The van der Waals surface area contributed by atoms with Crippen LogP contribution in [0.15, 0.2) is 78.9 Å². The Kier molecular flexibility index (Phi) is 8.07. The Morgan fingerprint density at radius 2 is 1.59 bits per heavy atom. The molecule has 2 fully saturated rings. The van der Waals surface area contributed by atoms with Gasteiger partial charge < -0.3 is 14.7 Å². The molecule has 0 bridgehead atoms. The maximum atomic E-state index is 13.7. The number of nitrogens with one attached hydrogen (secondary N) is 2. The Bertz CT molecular complexity index is 1170. The summed E-state index contributed by atoms with van der Waals surface area (Å²) in [7, 11) is 0. The van der Waals surface area contributed by atoms with Gasteiger partial charge in [-0.1, -0.05) is 86.8 Å². The van der Waals surface area contributed by atoms with Crippen LogP contribution in [0, 0.1) is 5.92 Å². The van der Waals surface area contributed by atoms with E-state index in [0.29, 0.717) is 6.54 Å². The van der Waals surface area contributed by atoms with Gasteiger partial charge in [-0.05, 0) is 42.2 Å². The molecular formula is C31H37N3O3. The van der Waals surface area contributed by atoms with Crippen molar-refractivity contribution >= 4 is 5.91 Å². The summed E-state index contributed by atoms with van der Waals surface area (Å²) in [6.07, 6.45) is 5.48. The minimum absolute atomic E-state index is 0.0719. The molecule has 2 aliphatic heterocycles. The average Bonchev–Trinajstić information content (AvgIpc) is 3.47. The number of fused-ring (bicyclic) bond motifs is 1. The number of hydrazine groups is 1. The number of carbonyl (C=O) groups is 1. The first-order valence-corrected chi connectivity index (χ1v) is 13.5. The molecule has 6 heteroatoms. The van der Waals surface area contributed by atoms with Crippen molar-refractivity contribution in [2.45, 2.75) is 57.2 Å². The fourth-order valence-corrected chi connectivity index (χ4v) is 5.74. The van der Waals surface area contributed by atoms with Crippen LogP contribution >= 0.6 is 0 Å². The van der Waals surface area contributed by atoms with Crippen LogP contribution in [0.1, 0.15) is 61.4 Å². The Labute approximate surface area is 219 Å². The third kappa shape index (κ3) is 5.50. The third-order valence-corrected chi connectivity index (χ3v) is 7.66. The lowest BCUT2D eigenvalue weighted by molar-refractivity contribution is -0.130. The molecule has 0 saturated carbocycles. The molecule has 6 nitrogen and oxygen atoms in total. The van der Waals surface area contributed by atoms with Gasteiger partial charge in [0.1, 0.15) is 17.5 Å². The van der Waals surface area contributed by atoms with Crippen LogP contribution in [-0.2, 0) is 11.2 Å². The molecule has 194 valence electrons. The topological polar surface area (TPSA) is 73.8 Å². The molecule has 3 aromatic rings. The Balaban J connectivity index is 1.40. The summed E-state index contributed by atoms with van der Waals surface area (Å²) in [6, 6.07) is 25.2. The monoisotopic (exact) mass is 499 g/mol. The quantitative estimate of drug-likeness (QED) is 0.312. The molecule has 0 radical (unpaired) electrons. The lowest BCUT2D eigenvalue weighted by Gasteiger charge is -2.31. The number of likely N-dealkylation sites (tertiary alicyclic amines) is 1. The normalized spacial score (nSPS) is 22.8. The number of carbonyl (C=O) groups excluding carboxylic acids is 1. The SMILES string of the molecule is CCCCCCOc1ccc(C2C3C(NNC3c3ccccc3O)C(=O)N2CCc2ccccc2)cc1. The van der Waals surface area contributed by atoms with Gasteiger partial charge in [0.05, 0.1) is 18.7 Å². The minimum Gasteiger partial charge on any atom is -0.508 e. The number of nitrogens with zero attached hydrogens (tertiary/aromatic N) is 1. The smallest absolute Gasteiger partial charge is 0.242 e. The van der Waals surface area contributed by atoms with Crippen LogP contribution in [0.25, 0.3) is 0 Å². The van der Waals surface area contributed by atoms with Crippen molar-refractivity contribution in [3.63, 3.8) is 0 Å². The van der Waals surface area contributed by atoms with Gasteiger partial charge in [0.25, 0.3) is 0 Å². The largest absolute Gasteiger partial charge is 0.508 e. The third-order valence-electron chi connectivity index (χ3n) is 7.66. The number of para-hydroxylation sites is 1. The number of ether oxygens (including phenoxy) is 1. The van der Waals surface area contributed by atoms with Crippen molar-refractivity contribution in [1.29, 1.82) is 0 Å². The highest BCUT2D eigenvalue weighted by Crippen LogP contribution is 2.48. The van der Waals surface area contributed by atoms with Crippen LogP contribution < -0.4 is 15.6 Å². The number of phenolic OH excluding ortho intramolecular Hbond substituents is 1. The van der Waals surface area contributed by atoms with Gasteiger partial charge in [-0.25, -0.2) is 10.9 Å². The van der Waals surface area contributed by atoms with Crippen molar-refractivity contribution in [2.75, 3.05) is 13.2 Å². The van der Waals surface area contributed by atoms with Gasteiger partial charge in [-0.3, -0.25) is 4.79 Å². The predicted molar refractivity (Wildman–Crippen MR) is 145 cm³/mol. The standard InChI is InChI=1S/C31H37N3O3/c1-2-3-4-10-21-37-24-17-15-23(16-18-24)30-27-28(25-13-8-9-14-26(25)35)32-33-29(27)31(36)34(30)20-19-22-11-6-5-7-12-22/h5-9,11-18,27-30,32-33,35H,2-4,10,19-21H2,1H3. The molecule has 1 amide bonds. The lowest BCUT2D eigenvalue weighted by Crippen LogP contribution is -2.42. The second kappa shape index (κ2) is 11.8. The van der Waals surface area contributed by atoms with Gasteiger partial charge in [0, 0.05) is 18.0 Å². The van der Waals surface area contributed by atoms with Gasteiger partial charge >= 0.3 is 0 Å². The van der Waals surface area contributed by atoms with Crippen molar-refractivity contribution in [3.8, 4) is 11.5 Å². The minimum atomic E-state index is -0.361. The molecule has 4 atom stereocenters. The molecule has 37 heavy (non-hydrogen) atoms. The molecule has 0 spiro atoms. The zero-order chi connectivity index (χ0) is 25.6. The van der Waals surface area contributed by atoms with Gasteiger partial charge in [-0.2, -0.15) is 0 Å². The second-order valence-corrected chi connectivity index (χ2v) is 10.1. The first-order valence-electron chi connectivity index (χ1n) is 13.5. The maximum absolute atomic E-state index is 13.7. The Morgan fingerprint density at radius 3 is 2.35 bits per heavy atom. The van der Waals surface area contributed by atoms with E-state index < -0.39 is 0 Å². The molecule has 4 unspecified atom stereocenters. The molecule has 2 saturated heterocycles. The summed E-state index contributed by atoms with van der Waals surface area (Å²) in [4.78, 5) is 15.7. The number of rotatable bonds is 11. The number of benzene rings is 3. The van der Waals surface area contributed by atoms with Gasteiger partial charge in [0.15, 0.2) is 0 Å². The molecule has 0 aliphatic carbocycles. The van der Waals surface area contributed by atoms with E-state index in [1.54, 1.807) is 6.07 Å².